The van der Waals surface area contributed by atoms with Crippen molar-refractivity contribution in [2.45, 2.75) is 18.5 Å². The van der Waals surface area contributed by atoms with Gasteiger partial charge in [0.1, 0.15) is 5.75 Å². The second-order valence-electron chi connectivity index (χ2n) is 6.09. The highest BCUT2D eigenvalue weighted by molar-refractivity contribution is 6.00. The van der Waals surface area contributed by atoms with Crippen molar-refractivity contribution in [3.05, 3.63) is 41.7 Å². The van der Waals surface area contributed by atoms with E-state index >= 15 is 0 Å². The van der Waals surface area contributed by atoms with Crippen LogP contribution in [0.2, 0.25) is 0 Å². The molecule has 1 atom stereocenters. The zero-order valence-electron chi connectivity index (χ0n) is 14.8. The summed E-state index contributed by atoms with van der Waals surface area (Å²) in [5.74, 6) is 6.42. The van der Waals surface area contributed by atoms with E-state index in [1.165, 1.54) is 0 Å². The number of carbonyl (C=O) groups is 2. The number of hydrogen-bond donors (Lipinski definition) is 2. The summed E-state index contributed by atoms with van der Waals surface area (Å²) < 4.78 is 5.19. The van der Waals surface area contributed by atoms with Crippen molar-refractivity contribution in [2.24, 2.45) is 4.99 Å². The number of hydrogen-bond acceptors (Lipinski definition) is 5. The van der Waals surface area contributed by atoms with Gasteiger partial charge in [0.15, 0.2) is 5.54 Å². The molecule has 7 heteroatoms. The Bertz CT molecular complexity index is 865. The highest BCUT2D eigenvalue weighted by atomic mass is 16.5. The van der Waals surface area contributed by atoms with Crippen molar-refractivity contribution in [3.63, 3.8) is 0 Å². The summed E-state index contributed by atoms with van der Waals surface area (Å²) in [4.78, 5) is 30.8. The predicted molar refractivity (Wildman–Crippen MR) is 97.7 cm³/mol. The molecule has 0 aromatic heterocycles. The summed E-state index contributed by atoms with van der Waals surface area (Å²) in [5.41, 5.74) is 0.262. The SMILES string of the molecule is C=C1NC(=O)[C@@](C#CCC=NC)(CN2Cc3ccc(OC)cc3C2=O)N1. The first-order chi connectivity index (χ1) is 12.5. The highest BCUT2D eigenvalue weighted by Gasteiger charge is 2.46. The molecule has 0 radical (unpaired) electrons. The molecule has 1 aromatic rings. The Morgan fingerprint density at radius 2 is 2.27 bits per heavy atom. The summed E-state index contributed by atoms with van der Waals surface area (Å²) >= 11 is 0. The number of benzene rings is 1. The van der Waals surface area contributed by atoms with E-state index in [-0.39, 0.29) is 18.4 Å². The fraction of sp³-hybridized carbons (Fsp3) is 0.316. The lowest BCUT2D eigenvalue weighted by atomic mass is 9.99. The molecule has 134 valence electrons. The van der Waals surface area contributed by atoms with E-state index in [2.05, 4.69) is 34.0 Å². The number of nitrogens with zero attached hydrogens (tertiary/aromatic N) is 2. The quantitative estimate of drug-likeness (QED) is 0.616. The van der Waals surface area contributed by atoms with Gasteiger partial charge in [-0.25, -0.2) is 0 Å². The monoisotopic (exact) mass is 352 g/mol. The van der Waals surface area contributed by atoms with Gasteiger partial charge >= 0.3 is 0 Å². The Balaban J connectivity index is 1.86. The van der Waals surface area contributed by atoms with Gasteiger partial charge in [-0.3, -0.25) is 14.6 Å². The third-order valence-electron chi connectivity index (χ3n) is 4.32. The third kappa shape index (κ3) is 3.14. The van der Waals surface area contributed by atoms with Crippen LogP contribution in [-0.2, 0) is 11.3 Å². The molecular weight excluding hydrogens is 332 g/mol. The van der Waals surface area contributed by atoms with Crippen molar-refractivity contribution < 1.29 is 14.3 Å². The maximum absolute atomic E-state index is 12.8. The Morgan fingerprint density at radius 1 is 1.46 bits per heavy atom. The van der Waals surface area contributed by atoms with E-state index in [0.29, 0.717) is 30.1 Å². The van der Waals surface area contributed by atoms with Crippen molar-refractivity contribution in [1.82, 2.24) is 15.5 Å². The van der Waals surface area contributed by atoms with Crippen LogP contribution in [0.15, 0.2) is 35.6 Å². The first-order valence-corrected chi connectivity index (χ1v) is 8.14. The molecule has 2 heterocycles. The van der Waals surface area contributed by atoms with Crippen molar-refractivity contribution in [2.75, 3.05) is 20.7 Å². The molecule has 2 amide bonds. The second kappa shape index (κ2) is 6.92. The normalized spacial score (nSPS) is 21.3. The third-order valence-corrected chi connectivity index (χ3v) is 4.32. The molecule has 1 fully saturated rings. The summed E-state index contributed by atoms with van der Waals surface area (Å²) in [6.07, 6.45) is 2.08. The number of fused-ring (bicyclic) bond motifs is 1. The molecule has 0 saturated carbocycles. The van der Waals surface area contributed by atoms with Gasteiger partial charge in [-0.05, 0) is 17.7 Å². The van der Waals surface area contributed by atoms with Crippen LogP contribution in [0.25, 0.3) is 0 Å². The maximum atomic E-state index is 12.8. The van der Waals surface area contributed by atoms with E-state index in [0.717, 1.165) is 5.56 Å². The number of amides is 2. The molecule has 0 aliphatic carbocycles. The Kier molecular flexibility index (Phi) is 4.67. The standard InChI is InChI=1S/C19H20N4O3/c1-13-21-18(25)19(22-13,8-4-5-9-20-2)12-23-11-14-6-7-15(26-3)10-16(14)17(23)24/h6-7,9-10,22H,1,5,11-12H2,2-3H3,(H,21,25)/t19-/m1/s1. The van der Waals surface area contributed by atoms with Crippen LogP contribution in [0.4, 0.5) is 0 Å². The number of aliphatic imine (C=N–C) groups is 1. The van der Waals surface area contributed by atoms with Crippen LogP contribution in [0.1, 0.15) is 22.3 Å². The van der Waals surface area contributed by atoms with E-state index in [1.54, 1.807) is 31.3 Å². The lowest BCUT2D eigenvalue weighted by Crippen LogP contribution is -2.54. The number of rotatable bonds is 4. The van der Waals surface area contributed by atoms with Gasteiger partial charge in [0.05, 0.1) is 19.5 Å². The molecular formula is C19H20N4O3. The summed E-state index contributed by atoms with van der Waals surface area (Å²) in [7, 11) is 3.22. The highest BCUT2D eigenvalue weighted by Crippen LogP contribution is 2.28. The van der Waals surface area contributed by atoms with Crippen LogP contribution < -0.4 is 15.4 Å². The zero-order valence-corrected chi connectivity index (χ0v) is 14.8. The van der Waals surface area contributed by atoms with E-state index < -0.39 is 5.54 Å². The molecule has 2 aliphatic rings. The van der Waals surface area contributed by atoms with Crippen LogP contribution >= 0.6 is 0 Å². The smallest absolute Gasteiger partial charge is 0.265 e. The van der Waals surface area contributed by atoms with Gasteiger partial charge in [-0.15, -0.1) is 0 Å². The summed E-state index contributed by atoms with van der Waals surface area (Å²) in [5, 5.41) is 5.64. The van der Waals surface area contributed by atoms with Gasteiger partial charge < -0.3 is 20.3 Å². The zero-order chi connectivity index (χ0) is 18.7. The first kappa shape index (κ1) is 17.5. The molecule has 2 N–H and O–H groups in total. The minimum absolute atomic E-state index is 0.115. The number of carbonyl (C=O) groups excluding carboxylic acids is 2. The average molecular weight is 352 g/mol. The minimum atomic E-state index is -1.22. The maximum Gasteiger partial charge on any atom is 0.265 e. The van der Waals surface area contributed by atoms with E-state index in [9.17, 15) is 9.59 Å². The van der Waals surface area contributed by atoms with Crippen LogP contribution in [0, 0.1) is 11.8 Å². The summed E-state index contributed by atoms with van der Waals surface area (Å²) in [6.45, 7) is 4.27. The van der Waals surface area contributed by atoms with Crippen molar-refractivity contribution >= 4 is 18.0 Å². The second-order valence-corrected chi connectivity index (χ2v) is 6.09. The van der Waals surface area contributed by atoms with E-state index in [1.807, 2.05) is 12.1 Å². The van der Waals surface area contributed by atoms with Crippen LogP contribution in [-0.4, -0.2) is 49.2 Å². The Morgan fingerprint density at radius 3 is 2.92 bits per heavy atom. The van der Waals surface area contributed by atoms with Gasteiger partial charge in [0.2, 0.25) is 0 Å². The van der Waals surface area contributed by atoms with E-state index in [4.69, 9.17) is 4.74 Å². The molecule has 2 aliphatic heterocycles. The summed E-state index contributed by atoms with van der Waals surface area (Å²) in [6, 6.07) is 5.40. The molecule has 3 rings (SSSR count). The fourth-order valence-electron chi connectivity index (χ4n) is 3.05. The van der Waals surface area contributed by atoms with Gasteiger partial charge in [-0.1, -0.05) is 24.5 Å². The molecule has 7 nitrogen and oxygen atoms in total. The lowest BCUT2D eigenvalue weighted by molar-refractivity contribution is -0.122. The van der Waals surface area contributed by atoms with Crippen molar-refractivity contribution in [1.29, 1.82) is 0 Å². The molecule has 1 aromatic carbocycles. The van der Waals surface area contributed by atoms with Crippen molar-refractivity contribution in [3.8, 4) is 17.6 Å². The largest absolute Gasteiger partial charge is 0.497 e. The Labute approximate surface area is 152 Å². The minimum Gasteiger partial charge on any atom is -0.497 e. The average Bonchev–Trinajstić information content (AvgIpc) is 3.08. The van der Waals surface area contributed by atoms with Crippen LogP contribution in [0.3, 0.4) is 0 Å². The van der Waals surface area contributed by atoms with Gasteiger partial charge in [0, 0.05) is 31.8 Å². The first-order valence-electron chi connectivity index (χ1n) is 8.14. The van der Waals surface area contributed by atoms with Gasteiger partial charge in [-0.2, -0.15) is 0 Å². The van der Waals surface area contributed by atoms with Crippen LogP contribution in [0.5, 0.6) is 5.75 Å². The lowest BCUT2D eigenvalue weighted by Gasteiger charge is -2.26. The number of methoxy groups -OCH3 is 1. The predicted octanol–water partition coefficient (Wildman–Crippen LogP) is 0.674. The molecule has 26 heavy (non-hydrogen) atoms. The Hall–Kier alpha value is -3.27. The number of nitrogens with one attached hydrogen (secondary N) is 2. The molecule has 0 spiro atoms. The number of ether oxygens (including phenoxy) is 1. The topological polar surface area (TPSA) is 83.0 Å². The molecule has 1 saturated heterocycles. The fourth-order valence-corrected chi connectivity index (χ4v) is 3.05. The molecule has 0 unspecified atom stereocenters. The van der Waals surface area contributed by atoms with Gasteiger partial charge in [0.25, 0.3) is 11.8 Å². The molecule has 0 bridgehead atoms.